The van der Waals surface area contributed by atoms with Crippen LogP contribution in [-0.4, -0.2) is 22.6 Å². The van der Waals surface area contributed by atoms with Crippen molar-refractivity contribution in [2.24, 2.45) is 0 Å². The summed E-state index contributed by atoms with van der Waals surface area (Å²) in [6, 6.07) is 7.64. The maximum Gasteiger partial charge on any atom is 0.231 e. The quantitative estimate of drug-likeness (QED) is 0.798. The summed E-state index contributed by atoms with van der Waals surface area (Å²) in [6.45, 7) is 0.278. The molecular formula is C13H11ClN2O2. The number of benzene rings is 1. The fourth-order valence-corrected chi connectivity index (χ4v) is 1.99. The molecule has 4 nitrogen and oxygen atoms in total. The summed E-state index contributed by atoms with van der Waals surface area (Å²) in [6.07, 6.45) is 2.41. The molecule has 0 amide bonds. The summed E-state index contributed by atoms with van der Waals surface area (Å²) >= 11 is 5.69. The Kier molecular flexibility index (Phi) is 3.02. The summed E-state index contributed by atoms with van der Waals surface area (Å²) in [5, 5.41) is 0. The van der Waals surface area contributed by atoms with Crippen LogP contribution in [0.5, 0.6) is 11.5 Å². The van der Waals surface area contributed by atoms with Crippen LogP contribution in [0.2, 0.25) is 0 Å². The normalized spacial score (nSPS) is 12.7. The number of rotatable bonds is 3. The molecule has 0 saturated heterocycles. The van der Waals surface area contributed by atoms with E-state index in [2.05, 4.69) is 9.97 Å². The van der Waals surface area contributed by atoms with E-state index >= 15 is 0 Å². The van der Waals surface area contributed by atoms with Gasteiger partial charge in [-0.15, -0.1) is 11.6 Å². The summed E-state index contributed by atoms with van der Waals surface area (Å²) in [7, 11) is 0. The van der Waals surface area contributed by atoms with Gasteiger partial charge in [-0.1, -0.05) is 0 Å². The SMILES string of the molecule is ClCCc1nccc(-c2ccc3c(c2)OCO3)n1. The molecule has 5 heteroatoms. The average molecular weight is 263 g/mol. The van der Waals surface area contributed by atoms with Crippen LogP contribution in [0.15, 0.2) is 30.5 Å². The van der Waals surface area contributed by atoms with Crippen LogP contribution in [-0.2, 0) is 6.42 Å². The van der Waals surface area contributed by atoms with Crippen molar-refractivity contribution in [2.75, 3.05) is 12.7 Å². The van der Waals surface area contributed by atoms with Crippen molar-refractivity contribution >= 4 is 11.6 Å². The number of aryl methyl sites for hydroxylation is 1. The number of fused-ring (bicyclic) bond motifs is 1. The van der Waals surface area contributed by atoms with E-state index < -0.39 is 0 Å². The summed E-state index contributed by atoms with van der Waals surface area (Å²) in [5.74, 6) is 2.80. The monoisotopic (exact) mass is 262 g/mol. The largest absolute Gasteiger partial charge is 0.454 e. The number of ether oxygens (including phenoxy) is 2. The Morgan fingerprint density at radius 2 is 2.06 bits per heavy atom. The highest BCUT2D eigenvalue weighted by atomic mass is 35.5. The highest BCUT2D eigenvalue weighted by molar-refractivity contribution is 6.17. The maximum atomic E-state index is 5.69. The first-order valence-electron chi connectivity index (χ1n) is 5.65. The van der Waals surface area contributed by atoms with E-state index in [0.717, 1.165) is 28.6 Å². The van der Waals surface area contributed by atoms with Gasteiger partial charge in [0.2, 0.25) is 6.79 Å². The zero-order chi connectivity index (χ0) is 12.4. The lowest BCUT2D eigenvalue weighted by Gasteiger charge is -2.04. The lowest BCUT2D eigenvalue weighted by atomic mass is 10.1. The van der Waals surface area contributed by atoms with Crippen molar-refractivity contribution in [3.8, 4) is 22.8 Å². The van der Waals surface area contributed by atoms with E-state index in [1.165, 1.54) is 0 Å². The van der Waals surface area contributed by atoms with Gasteiger partial charge in [0.15, 0.2) is 11.5 Å². The molecule has 0 bridgehead atoms. The molecule has 0 saturated carbocycles. The van der Waals surface area contributed by atoms with Crippen molar-refractivity contribution in [1.82, 2.24) is 9.97 Å². The lowest BCUT2D eigenvalue weighted by molar-refractivity contribution is 0.174. The standard InChI is InChI=1S/C13H11ClN2O2/c14-5-3-13-15-6-4-10(16-13)9-1-2-11-12(7-9)18-8-17-11/h1-2,4,6-7H,3,5,8H2. The van der Waals surface area contributed by atoms with E-state index in [1.54, 1.807) is 6.20 Å². The lowest BCUT2D eigenvalue weighted by Crippen LogP contribution is -1.97. The molecule has 0 N–H and O–H groups in total. The molecule has 2 heterocycles. The van der Waals surface area contributed by atoms with Crippen LogP contribution in [0.4, 0.5) is 0 Å². The van der Waals surface area contributed by atoms with Crippen LogP contribution in [0.25, 0.3) is 11.3 Å². The first-order valence-corrected chi connectivity index (χ1v) is 6.18. The molecule has 3 rings (SSSR count). The van der Waals surface area contributed by atoms with E-state index in [4.69, 9.17) is 21.1 Å². The molecule has 2 aromatic rings. The van der Waals surface area contributed by atoms with E-state index in [9.17, 15) is 0 Å². The molecule has 1 aromatic carbocycles. The topological polar surface area (TPSA) is 44.2 Å². The van der Waals surface area contributed by atoms with Crippen molar-refractivity contribution in [1.29, 1.82) is 0 Å². The second-order valence-corrected chi connectivity index (χ2v) is 4.24. The number of halogens is 1. The molecule has 0 atom stereocenters. The van der Waals surface area contributed by atoms with Gasteiger partial charge in [-0.05, 0) is 24.3 Å². The van der Waals surface area contributed by atoms with Gasteiger partial charge >= 0.3 is 0 Å². The van der Waals surface area contributed by atoms with E-state index in [0.29, 0.717) is 12.3 Å². The first-order chi connectivity index (χ1) is 8.86. The molecule has 0 spiro atoms. The molecule has 0 radical (unpaired) electrons. The minimum atomic E-state index is 0.278. The maximum absolute atomic E-state index is 5.69. The van der Waals surface area contributed by atoms with E-state index in [1.807, 2.05) is 24.3 Å². The molecule has 92 valence electrons. The van der Waals surface area contributed by atoms with Gasteiger partial charge in [-0.3, -0.25) is 0 Å². The van der Waals surface area contributed by atoms with Gasteiger partial charge < -0.3 is 9.47 Å². The molecule has 0 aliphatic carbocycles. The van der Waals surface area contributed by atoms with Gasteiger partial charge in [-0.25, -0.2) is 9.97 Å². The molecule has 1 aliphatic heterocycles. The third-order valence-electron chi connectivity index (χ3n) is 2.69. The van der Waals surface area contributed by atoms with Gasteiger partial charge in [-0.2, -0.15) is 0 Å². The number of hydrogen-bond acceptors (Lipinski definition) is 4. The Hall–Kier alpha value is -1.81. The Morgan fingerprint density at radius 1 is 1.17 bits per heavy atom. The second-order valence-electron chi connectivity index (χ2n) is 3.87. The number of nitrogens with zero attached hydrogens (tertiary/aromatic N) is 2. The molecule has 1 aromatic heterocycles. The minimum Gasteiger partial charge on any atom is -0.454 e. The van der Waals surface area contributed by atoms with Crippen molar-refractivity contribution in [3.05, 3.63) is 36.3 Å². The average Bonchev–Trinajstić information content (AvgIpc) is 2.86. The minimum absolute atomic E-state index is 0.278. The number of hydrogen-bond donors (Lipinski definition) is 0. The summed E-state index contributed by atoms with van der Waals surface area (Å²) in [4.78, 5) is 8.64. The Bertz CT molecular complexity index is 575. The number of alkyl halides is 1. The zero-order valence-electron chi connectivity index (χ0n) is 9.60. The summed E-state index contributed by atoms with van der Waals surface area (Å²) in [5.41, 5.74) is 1.85. The highest BCUT2D eigenvalue weighted by Gasteiger charge is 2.14. The third kappa shape index (κ3) is 2.11. The molecule has 1 aliphatic rings. The smallest absolute Gasteiger partial charge is 0.231 e. The third-order valence-corrected chi connectivity index (χ3v) is 2.88. The fourth-order valence-electron chi connectivity index (χ4n) is 1.82. The van der Waals surface area contributed by atoms with Crippen molar-refractivity contribution in [2.45, 2.75) is 6.42 Å². The van der Waals surface area contributed by atoms with Crippen LogP contribution in [0, 0.1) is 0 Å². The van der Waals surface area contributed by atoms with Crippen molar-refractivity contribution in [3.63, 3.8) is 0 Å². The Labute approximate surface area is 110 Å². The van der Waals surface area contributed by atoms with Gasteiger partial charge in [0.1, 0.15) is 5.82 Å². The Morgan fingerprint density at radius 3 is 2.94 bits per heavy atom. The van der Waals surface area contributed by atoms with Crippen LogP contribution in [0.3, 0.4) is 0 Å². The predicted octanol–water partition coefficient (Wildman–Crippen LogP) is 2.65. The first kappa shape index (κ1) is 11.3. The van der Waals surface area contributed by atoms with Crippen molar-refractivity contribution < 1.29 is 9.47 Å². The molecule has 18 heavy (non-hydrogen) atoms. The molecular weight excluding hydrogens is 252 g/mol. The van der Waals surface area contributed by atoms with Crippen LogP contribution >= 0.6 is 11.6 Å². The van der Waals surface area contributed by atoms with Crippen LogP contribution < -0.4 is 9.47 Å². The van der Waals surface area contributed by atoms with Gasteiger partial charge in [0.25, 0.3) is 0 Å². The van der Waals surface area contributed by atoms with Gasteiger partial charge in [0, 0.05) is 24.1 Å². The molecule has 0 fully saturated rings. The van der Waals surface area contributed by atoms with Crippen LogP contribution in [0.1, 0.15) is 5.82 Å². The zero-order valence-corrected chi connectivity index (χ0v) is 10.4. The Balaban J connectivity index is 1.96. The number of aromatic nitrogens is 2. The highest BCUT2D eigenvalue weighted by Crippen LogP contribution is 2.35. The predicted molar refractivity (Wildman–Crippen MR) is 68.0 cm³/mol. The fraction of sp³-hybridized carbons (Fsp3) is 0.231. The summed E-state index contributed by atoms with van der Waals surface area (Å²) < 4.78 is 10.6. The van der Waals surface area contributed by atoms with E-state index in [-0.39, 0.29) is 6.79 Å². The molecule has 0 unspecified atom stereocenters. The van der Waals surface area contributed by atoms with Gasteiger partial charge in [0.05, 0.1) is 5.69 Å². The second kappa shape index (κ2) is 4.82.